The molecule has 0 amide bonds. The van der Waals surface area contributed by atoms with E-state index >= 15 is 0 Å². The van der Waals surface area contributed by atoms with Gasteiger partial charge in [-0.25, -0.2) is 0 Å². The standard InChI is InChI=1S/C14H25NO2/c1-11-6-4-5-9-14(11,13(16)17)15-10-12-7-2-3-8-12/h11-12,15H,2-10H2,1H3,(H,16,17). The van der Waals surface area contributed by atoms with Crippen LogP contribution < -0.4 is 5.32 Å². The van der Waals surface area contributed by atoms with Crippen LogP contribution >= 0.6 is 0 Å². The Bertz CT molecular complexity index is 273. The first-order chi connectivity index (χ1) is 8.15. The van der Waals surface area contributed by atoms with Gasteiger partial charge in [0.05, 0.1) is 0 Å². The van der Waals surface area contributed by atoms with E-state index in [1.54, 1.807) is 0 Å². The lowest BCUT2D eigenvalue weighted by Gasteiger charge is -2.40. The molecule has 2 fully saturated rings. The summed E-state index contributed by atoms with van der Waals surface area (Å²) in [5.41, 5.74) is -0.638. The molecule has 2 aliphatic carbocycles. The summed E-state index contributed by atoms with van der Waals surface area (Å²) in [6.45, 7) is 2.99. The Balaban J connectivity index is 1.97. The summed E-state index contributed by atoms with van der Waals surface area (Å²) in [6.07, 6.45) is 9.27. The molecule has 0 heterocycles. The Kier molecular flexibility index (Phi) is 4.08. The smallest absolute Gasteiger partial charge is 0.324 e. The molecule has 0 aromatic heterocycles. The maximum atomic E-state index is 11.6. The van der Waals surface area contributed by atoms with E-state index in [0.717, 1.165) is 25.8 Å². The molecule has 0 radical (unpaired) electrons. The quantitative estimate of drug-likeness (QED) is 0.793. The Morgan fingerprint density at radius 3 is 2.47 bits per heavy atom. The van der Waals surface area contributed by atoms with Crippen LogP contribution in [-0.2, 0) is 4.79 Å². The van der Waals surface area contributed by atoms with Crippen LogP contribution in [0.2, 0.25) is 0 Å². The minimum absolute atomic E-state index is 0.259. The molecular formula is C14H25NO2. The van der Waals surface area contributed by atoms with E-state index in [1.165, 1.54) is 32.1 Å². The molecule has 0 aromatic carbocycles. The zero-order valence-electron chi connectivity index (χ0n) is 10.9. The number of nitrogens with one attached hydrogen (secondary N) is 1. The van der Waals surface area contributed by atoms with E-state index in [9.17, 15) is 9.90 Å². The van der Waals surface area contributed by atoms with Crippen molar-refractivity contribution in [2.75, 3.05) is 6.54 Å². The fourth-order valence-electron chi connectivity index (χ4n) is 3.54. The van der Waals surface area contributed by atoms with Gasteiger partial charge in [0.25, 0.3) is 0 Å². The highest BCUT2D eigenvalue weighted by Crippen LogP contribution is 2.35. The minimum atomic E-state index is -0.638. The van der Waals surface area contributed by atoms with Crippen LogP contribution in [0, 0.1) is 11.8 Å². The molecule has 2 saturated carbocycles. The fraction of sp³-hybridized carbons (Fsp3) is 0.929. The Morgan fingerprint density at radius 2 is 1.88 bits per heavy atom. The van der Waals surface area contributed by atoms with Crippen molar-refractivity contribution in [3.05, 3.63) is 0 Å². The molecule has 17 heavy (non-hydrogen) atoms. The van der Waals surface area contributed by atoms with E-state index in [0.29, 0.717) is 5.92 Å². The van der Waals surface area contributed by atoms with Gasteiger partial charge < -0.3 is 10.4 Å². The molecule has 2 N–H and O–H groups in total. The second kappa shape index (κ2) is 5.38. The van der Waals surface area contributed by atoms with E-state index in [1.807, 2.05) is 0 Å². The summed E-state index contributed by atoms with van der Waals surface area (Å²) in [6, 6.07) is 0. The number of aliphatic carboxylic acids is 1. The summed E-state index contributed by atoms with van der Waals surface area (Å²) in [7, 11) is 0. The normalized spacial score (nSPS) is 35.0. The summed E-state index contributed by atoms with van der Waals surface area (Å²) < 4.78 is 0. The van der Waals surface area contributed by atoms with Crippen molar-refractivity contribution in [1.82, 2.24) is 5.32 Å². The van der Waals surface area contributed by atoms with Crippen molar-refractivity contribution < 1.29 is 9.90 Å². The first kappa shape index (κ1) is 12.9. The van der Waals surface area contributed by atoms with Crippen molar-refractivity contribution in [1.29, 1.82) is 0 Å². The zero-order chi connectivity index (χ0) is 12.3. The number of carboxylic acid groups (broad SMARTS) is 1. The van der Waals surface area contributed by atoms with Crippen LogP contribution in [0.5, 0.6) is 0 Å². The lowest BCUT2D eigenvalue weighted by molar-refractivity contribution is -0.149. The Morgan fingerprint density at radius 1 is 1.24 bits per heavy atom. The third-order valence-corrected chi connectivity index (χ3v) is 4.86. The van der Waals surface area contributed by atoms with Gasteiger partial charge in [-0.2, -0.15) is 0 Å². The van der Waals surface area contributed by atoms with Crippen molar-refractivity contribution in [2.24, 2.45) is 11.8 Å². The molecule has 2 aliphatic rings. The van der Waals surface area contributed by atoms with Gasteiger partial charge in [0.1, 0.15) is 5.54 Å². The van der Waals surface area contributed by atoms with Gasteiger partial charge in [-0.1, -0.05) is 32.6 Å². The lowest BCUT2D eigenvalue weighted by Crippen LogP contribution is -2.59. The molecule has 0 aliphatic heterocycles. The van der Waals surface area contributed by atoms with Crippen molar-refractivity contribution >= 4 is 5.97 Å². The highest BCUT2D eigenvalue weighted by molar-refractivity contribution is 5.79. The third kappa shape index (κ3) is 2.65. The largest absolute Gasteiger partial charge is 0.480 e. The molecule has 3 heteroatoms. The second-order valence-electron chi connectivity index (χ2n) is 5.95. The van der Waals surface area contributed by atoms with E-state index < -0.39 is 11.5 Å². The summed E-state index contributed by atoms with van der Waals surface area (Å²) in [4.78, 5) is 11.6. The SMILES string of the molecule is CC1CCCCC1(NCC1CCCC1)C(=O)O. The van der Waals surface area contributed by atoms with E-state index in [2.05, 4.69) is 12.2 Å². The van der Waals surface area contributed by atoms with Crippen molar-refractivity contribution in [3.63, 3.8) is 0 Å². The van der Waals surface area contributed by atoms with Gasteiger partial charge in [-0.3, -0.25) is 4.79 Å². The van der Waals surface area contributed by atoms with Gasteiger partial charge in [0.15, 0.2) is 0 Å². The first-order valence-corrected chi connectivity index (χ1v) is 7.13. The molecule has 2 rings (SSSR count). The number of hydrogen-bond donors (Lipinski definition) is 2. The predicted molar refractivity (Wildman–Crippen MR) is 68.0 cm³/mol. The van der Waals surface area contributed by atoms with Crippen LogP contribution in [0.3, 0.4) is 0 Å². The molecule has 2 unspecified atom stereocenters. The molecule has 0 spiro atoms. The van der Waals surface area contributed by atoms with Gasteiger partial charge in [0.2, 0.25) is 0 Å². The first-order valence-electron chi connectivity index (χ1n) is 7.13. The average Bonchev–Trinajstić information content (AvgIpc) is 2.81. The minimum Gasteiger partial charge on any atom is -0.480 e. The summed E-state index contributed by atoms with van der Waals surface area (Å²) in [5, 5.41) is 13.0. The molecular weight excluding hydrogens is 214 g/mol. The molecule has 3 nitrogen and oxygen atoms in total. The van der Waals surface area contributed by atoms with E-state index in [4.69, 9.17) is 0 Å². The maximum Gasteiger partial charge on any atom is 0.324 e. The Hall–Kier alpha value is -0.570. The van der Waals surface area contributed by atoms with Gasteiger partial charge in [0, 0.05) is 0 Å². The Labute approximate surface area is 104 Å². The third-order valence-electron chi connectivity index (χ3n) is 4.86. The molecule has 2 atom stereocenters. The number of carbonyl (C=O) groups is 1. The molecule has 0 bridgehead atoms. The van der Waals surface area contributed by atoms with Crippen LogP contribution in [0.1, 0.15) is 58.3 Å². The highest BCUT2D eigenvalue weighted by atomic mass is 16.4. The van der Waals surface area contributed by atoms with E-state index in [-0.39, 0.29) is 5.92 Å². The van der Waals surface area contributed by atoms with Gasteiger partial charge in [-0.05, 0) is 44.1 Å². The monoisotopic (exact) mass is 239 g/mol. The van der Waals surface area contributed by atoms with Crippen LogP contribution in [0.25, 0.3) is 0 Å². The summed E-state index contributed by atoms with van der Waals surface area (Å²) in [5.74, 6) is 0.332. The highest BCUT2D eigenvalue weighted by Gasteiger charge is 2.44. The van der Waals surface area contributed by atoms with Gasteiger partial charge in [-0.15, -0.1) is 0 Å². The topological polar surface area (TPSA) is 49.3 Å². The lowest BCUT2D eigenvalue weighted by atomic mass is 9.73. The summed E-state index contributed by atoms with van der Waals surface area (Å²) >= 11 is 0. The number of rotatable bonds is 4. The van der Waals surface area contributed by atoms with Crippen molar-refractivity contribution in [3.8, 4) is 0 Å². The van der Waals surface area contributed by atoms with Crippen LogP contribution in [0.15, 0.2) is 0 Å². The van der Waals surface area contributed by atoms with Crippen LogP contribution in [-0.4, -0.2) is 23.2 Å². The number of carboxylic acids is 1. The molecule has 0 saturated heterocycles. The van der Waals surface area contributed by atoms with Gasteiger partial charge >= 0.3 is 5.97 Å². The van der Waals surface area contributed by atoms with Crippen LogP contribution in [0.4, 0.5) is 0 Å². The average molecular weight is 239 g/mol. The maximum absolute atomic E-state index is 11.6. The van der Waals surface area contributed by atoms with Crippen molar-refractivity contribution in [2.45, 2.75) is 63.8 Å². The predicted octanol–water partition coefficient (Wildman–Crippen LogP) is 2.80. The molecule has 98 valence electrons. The second-order valence-corrected chi connectivity index (χ2v) is 5.95. The zero-order valence-corrected chi connectivity index (χ0v) is 10.9. The number of hydrogen-bond acceptors (Lipinski definition) is 2. The molecule has 0 aromatic rings. The fourth-order valence-corrected chi connectivity index (χ4v) is 3.54.